The van der Waals surface area contributed by atoms with Crippen molar-refractivity contribution in [2.24, 2.45) is 0 Å². The van der Waals surface area contributed by atoms with Crippen LogP contribution in [0.4, 0.5) is 0 Å². The molecule has 0 aliphatic heterocycles. The number of hydrogen-bond donors (Lipinski definition) is 2. The van der Waals surface area contributed by atoms with Gasteiger partial charge in [-0.15, -0.1) is 0 Å². The number of hydrogen-bond acceptors (Lipinski definition) is 3. The molecule has 0 radical (unpaired) electrons. The molecule has 0 amide bonds. The van der Waals surface area contributed by atoms with Crippen molar-refractivity contribution in [1.82, 2.24) is 15.2 Å². The molecule has 1 aromatic heterocycles. The number of rotatable bonds is 5. The first-order chi connectivity index (χ1) is 12.7. The van der Waals surface area contributed by atoms with Crippen molar-refractivity contribution in [3.63, 3.8) is 0 Å². The van der Waals surface area contributed by atoms with E-state index in [0.29, 0.717) is 6.54 Å². The highest BCUT2D eigenvalue weighted by Crippen LogP contribution is 2.21. The number of fused-ring (bicyclic) bond motifs is 1. The zero-order valence-electron chi connectivity index (χ0n) is 15.4. The molecule has 1 heterocycles. The van der Waals surface area contributed by atoms with E-state index in [4.69, 9.17) is 5.26 Å². The fraction of sp³-hybridized carbons (Fsp3) is 0.318. The zero-order chi connectivity index (χ0) is 18.4. The maximum atomic E-state index is 8.88. The first-order valence-corrected chi connectivity index (χ1v) is 9.04. The second kappa shape index (κ2) is 8.43. The average Bonchev–Trinajstić information content (AvgIpc) is 3.02. The second-order valence-electron chi connectivity index (χ2n) is 6.35. The predicted octanol–water partition coefficient (Wildman–Crippen LogP) is 3.45. The summed E-state index contributed by atoms with van der Waals surface area (Å²) in [6.07, 6.45) is 5.55. The van der Waals surface area contributed by atoms with Gasteiger partial charge in [0, 0.05) is 35.3 Å². The van der Waals surface area contributed by atoms with Gasteiger partial charge in [-0.2, -0.15) is 5.26 Å². The molecule has 0 atom stereocenters. The molecule has 2 aromatic rings. The summed E-state index contributed by atoms with van der Waals surface area (Å²) < 4.78 is 2.26. The van der Waals surface area contributed by atoms with Crippen LogP contribution in [-0.4, -0.2) is 18.2 Å². The van der Waals surface area contributed by atoms with Gasteiger partial charge in [0.2, 0.25) is 0 Å². The molecule has 132 valence electrons. The number of nitriles is 1. The molecule has 0 saturated carbocycles. The van der Waals surface area contributed by atoms with Gasteiger partial charge in [-0.25, -0.2) is 0 Å². The van der Waals surface area contributed by atoms with E-state index in [-0.39, 0.29) is 0 Å². The molecule has 3 rings (SSSR count). The van der Waals surface area contributed by atoms with Crippen LogP contribution in [-0.2, 0) is 13.1 Å². The van der Waals surface area contributed by atoms with Crippen molar-refractivity contribution < 1.29 is 0 Å². The molecule has 0 saturated heterocycles. The summed E-state index contributed by atoms with van der Waals surface area (Å²) >= 11 is 0. The molecule has 1 aromatic carbocycles. The van der Waals surface area contributed by atoms with Crippen LogP contribution in [0.2, 0.25) is 0 Å². The largest absolute Gasteiger partial charge is 0.377 e. The van der Waals surface area contributed by atoms with Gasteiger partial charge in [-0.3, -0.25) is 0 Å². The first-order valence-electron chi connectivity index (χ1n) is 9.04. The molecule has 0 bridgehead atoms. The SMILES string of the molecule is CCn1c(C#CCNC2=CC=C(C#N)CC2)cc2cc(CNC)ccc21. The van der Waals surface area contributed by atoms with Crippen molar-refractivity contribution >= 4 is 10.9 Å². The molecule has 2 N–H and O–H groups in total. The Morgan fingerprint density at radius 2 is 2.08 bits per heavy atom. The van der Waals surface area contributed by atoms with Gasteiger partial charge in [-0.05, 0) is 68.6 Å². The van der Waals surface area contributed by atoms with E-state index in [1.165, 1.54) is 16.5 Å². The Morgan fingerprint density at radius 1 is 1.19 bits per heavy atom. The van der Waals surface area contributed by atoms with Crippen LogP contribution < -0.4 is 10.6 Å². The number of nitrogens with one attached hydrogen (secondary N) is 2. The minimum absolute atomic E-state index is 0.609. The van der Waals surface area contributed by atoms with Gasteiger partial charge in [0.15, 0.2) is 0 Å². The fourth-order valence-electron chi connectivity index (χ4n) is 3.25. The molecule has 26 heavy (non-hydrogen) atoms. The normalized spacial score (nSPS) is 13.4. The van der Waals surface area contributed by atoms with Crippen molar-refractivity contribution in [1.29, 1.82) is 5.26 Å². The standard InChI is InChI=1S/C22H24N4/c1-3-26-21(14-19-13-18(16-24-2)8-11-22(19)26)5-4-12-25-20-9-6-17(15-23)7-10-20/h6,8-9,11,13-14,24-25H,3,7,10,12,16H2,1-2H3. The fourth-order valence-corrected chi connectivity index (χ4v) is 3.25. The summed E-state index contributed by atoms with van der Waals surface area (Å²) in [7, 11) is 1.96. The van der Waals surface area contributed by atoms with Gasteiger partial charge in [-0.1, -0.05) is 12.0 Å². The lowest BCUT2D eigenvalue weighted by Gasteiger charge is -2.11. The Bertz CT molecular complexity index is 958. The van der Waals surface area contributed by atoms with Crippen LogP contribution in [0.15, 0.2) is 47.7 Å². The van der Waals surface area contributed by atoms with Crippen LogP contribution in [0, 0.1) is 23.2 Å². The Labute approximate surface area is 155 Å². The van der Waals surface area contributed by atoms with Crippen molar-refractivity contribution in [2.45, 2.75) is 32.9 Å². The molecule has 0 spiro atoms. The topological polar surface area (TPSA) is 52.8 Å². The monoisotopic (exact) mass is 344 g/mol. The average molecular weight is 344 g/mol. The lowest BCUT2D eigenvalue weighted by molar-refractivity contribution is 0.784. The van der Waals surface area contributed by atoms with E-state index < -0.39 is 0 Å². The van der Waals surface area contributed by atoms with Gasteiger partial charge in [0.25, 0.3) is 0 Å². The zero-order valence-corrected chi connectivity index (χ0v) is 15.4. The van der Waals surface area contributed by atoms with Crippen LogP contribution >= 0.6 is 0 Å². The number of aryl methyl sites for hydroxylation is 1. The van der Waals surface area contributed by atoms with Crippen molar-refractivity contribution in [3.05, 3.63) is 58.9 Å². The minimum atomic E-state index is 0.609. The summed E-state index contributed by atoms with van der Waals surface area (Å²) in [6, 6.07) is 11.0. The smallest absolute Gasteiger partial charge is 0.0947 e. The van der Waals surface area contributed by atoms with Crippen LogP contribution in [0.1, 0.15) is 31.0 Å². The first kappa shape index (κ1) is 17.9. The number of benzene rings is 1. The second-order valence-corrected chi connectivity index (χ2v) is 6.35. The molecule has 0 fully saturated rings. The molecule has 4 heteroatoms. The maximum Gasteiger partial charge on any atom is 0.0947 e. The van der Waals surface area contributed by atoms with Crippen LogP contribution in [0.25, 0.3) is 10.9 Å². The van der Waals surface area contributed by atoms with Gasteiger partial charge < -0.3 is 15.2 Å². The summed E-state index contributed by atoms with van der Waals surface area (Å²) in [6.45, 7) is 4.53. The highest BCUT2D eigenvalue weighted by atomic mass is 15.0. The van der Waals surface area contributed by atoms with E-state index in [0.717, 1.165) is 42.9 Å². The third-order valence-electron chi connectivity index (χ3n) is 4.58. The summed E-state index contributed by atoms with van der Waals surface area (Å²) in [4.78, 5) is 0. The van der Waals surface area contributed by atoms with Crippen molar-refractivity contribution in [3.8, 4) is 17.9 Å². The Kier molecular flexibility index (Phi) is 5.79. The number of allylic oxidation sites excluding steroid dienone is 4. The summed E-state index contributed by atoms with van der Waals surface area (Å²) in [5, 5.41) is 16.7. The lowest BCUT2D eigenvalue weighted by Crippen LogP contribution is -2.15. The summed E-state index contributed by atoms with van der Waals surface area (Å²) in [5.74, 6) is 6.53. The van der Waals surface area contributed by atoms with Crippen molar-refractivity contribution in [2.75, 3.05) is 13.6 Å². The molecule has 1 aliphatic rings. The highest BCUT2D eigenvalue weighted by Gasteiger charge is 2.07. The molecule has 0 unspecified atom stereocenters. The Balaban J connectivity index is 1.73. The Morgan fingerprint density at radius 3 is 2.77 bits per heavy atom. The minimum Gasteiger partial charge on any atom is -0.377 e. The third-order valence-corrected chi connectivity index (χ3v) is 4.58. The van der Waals surface area contributed by atoms with Gasteiger partial charge in [0.05, 0.1) is 18.3 Å². The maximum absolute atomic E-state index is 8.88. The summed E-state index contributed by atoms with van der Waals surface area (Å²) in [5.41, 5.74) is 5.55. The molecular weight excluding hydrogens is 320 g/mol. The predicted molar refractivity (Wildman–Crippen MR) is 106 cm³/mol. The van der Waals surface area contributed by atoms with E-state index in [1.54, 1.807) is 0 Å². The number of nitrogens with zero attached hydrogens (tertiary/aromatic N) is 2. The van der Waals surface area contributed by atoms with E-state index in [2.05, 4.69) is 64.3 Å². The highest BCUT2D eigenvalue weighted by molar-refractivity contribution is 5.83. The van der Waals surface area contributed by atoms with Gasteiger partial charge >= 0.3 is 0 Å². The quantitative estimate of drug-likeness (QED) is 0.817. The van der Waals surface area contributed by atoms with E-state index in [9.17, 15) is 0 Å². The Hall–Kier alpha value is -2.95. The van der Waals surface area contributed by atoms with E-state index >= 15 is 0 Å². The number of aromatic nitrogens is 1. The molecule has 1 aliphatic carbocycles. The van der Waals surface area contributed by atoms with Crippen LogP contribution in [0.5, 0.6) is 0 Å². The third kappa shape index (κ3) is 3.99. The molecule has 4 nitrogen and oxygen atoms in total. The molecular formula is C22H24N4. The van der Waals surface area contributed by atoms with E-state index in [1.807, 2.05) is 19.2 Å². The van der Waals surface area contributed by atoms with Gasteiger partial charge in [0.1, 0.15) is 0 Å². The van der Waals surface area contributed by atoms with Crippen LogP contribution in [0.3, 0.4) is 0 Å². The lowest BCUT2D eigenvalue weighted by atomic mass is 10.0.